The molecule has 0 saturated heterocycles. The first-order valence-electron chi connectivity index (χ1n) is 5.97. The zero-order valence-electron chi connectivity index (χ0n) is 10.5. The van der Waals surface area contributed by atoms with Gasteiger partial charge in [0, 0.05) is 0 Å². The third-order valence-electron chi connectivity index (χ3n) is 2.43. The van der Waals surface area contributed by atoms with Crippen molar-refractivity contribution >= 4 is 11.7 Å². The molecule has 0 fully saturated rings. The molecular weight excluding hydrogens is 240 g/mol. The molecule has 1 atom stereocenters. The van der Waals surface area contributed by atoms with E-state index >= 15 is 0 Å². The summed E-state index contributed by atoms with van der Waals surface area (Å²) in [6.07, 6.45) is 1.22. The summed E-state index contributed by atoms with van der Waals surface area (Å²) in [5.41, 5.74) is -0.0264. The number of carbonyl (C=O) groups excluding carboxylic acids is 1. The minimum absolute atomic E-state index is 0.0264. The van der Waals surface area contributed by atoms with E-state index in [1.165, 1.54) is 12.1 Å². The molecule has 3 nitrogen and oxygen atoms in total. The summed E-state index contributed by atoms with van der Waals surface area (Å²) in [6, 6.07) is 3.14. The molecular formula is C13H17F2NO2. The van der Waals surface area contributed by atoms with Crippen molar-refractivity contribution in [2.45, 2.75) is 32.7 Å². The molecule has 0 aliphatic heterocycles. The molecule has 0 bridgehead atoms. The van der Waals surface area contributed by atoms with E-state index in [1.807, 2.05) is 6.92 Å². The predicted molar refractivity (Wildman–Crippen MR) is 65.3 cm³/mol. The fourth-order valence-electron chi connectivity index (χ4n) is 1.58. The number of halogens is 2. The molecule has 0 spiro atoms. The molecule has 1 rings (SSSR count). The predicted octanol–water partition coefficient (Wildman–Crippen LogP) is 3.11. The van der Waals surface area contributed by atoms with Crippen molar-refractivity contribution in [3.8, 4) is 0 Å². The fourth-order valence-corrected chi connectivity index (χ4v) is 1.58. The zero-order valence-corrected chi connectivity index (χ0v) is 10.5. The lowest BCUT2D eigenvalue weighted by molar-refractivity contribution is -0.144. The summed E-state index contributed by atoms with van der Waals surface area (Å²) < 4.78 is 31.4. The number of esters is 1. The smallest absolute Gasteiger partial charge is 0.328 e. The fraction of sp³-hybridized carbons (Fsp3) is 0.462. The van der Waals surface area contributed by atoms with E-state index in [-0.39, 0.29) is 12.3 Å². The average Bonchev–Trinajstić information content (AvgIpc) is 2.34. The van der Waals surface area contributed by atoms with E-state index < -0.39 is 23.6 Å². The molecule has 0 aliphatic carbocycles. The van der Waals surface area contributed by atoms with Gasteiger partial charge in [0.05, 0.1) is 12.3 Å². The van der Waals surface area contributed by atoms with Crippen LogP contribution in [0.15, 0.2) is 18.2 Å². The van der Waals surface area contributed by atoms with Gasteiger partial charge in [-0.3, -0.25) is 0 Å². The van der Waals surface area contributed by atoms with Gasteiger partial charge < -0.3 is 10.1 Å². The summed E-state index contributed by atoms with van der Waals surface area (Å²) in [5.74, 6) is -2.38. The Labute approximate surface area is 105 Å². The minimum Gasteiger partial charge on any atom is -0.464 e. The first kappa shape index (κ1) is 14.4. The summed E-state index contributed by atoms with van der Waals surface area (Å²) in [7, 11) is 0. The lowest BCUT2D eigenvalue weighted by Crippen LogP contribution is -2.31. The number of hydrogen-bond donors (Lipinski definition) is 1. The van der Waals surface area contributed by atoms with E-state index in [0.717, 1.165) is 12.5 Å². The van der Waals surface area contributed by atoms with E-state index in [1.54, 1.807) is 6.92 Å². The van der Waals surface area contributed by atoms with Crippen LogP contribution in [0, 0.1) is 11.6 Å². The second kappa shape index (κ2) is 6.93. The maximum atomic E-state index is 13.5. The number of carbonyl (C=O) groups is 1. The highest BCUT2D eigenvalue weighted by Crippen LogP contribution is 2.19. The van der Waals surface area contributed by atoms with Crippen LogP contribution in [-0.4, -0.2) is 18.6 Å². The molecule has 1 N–H and O–H groups in total. The number of benzene rings is 1. The highest BCUT2D eigenvalue weighted by Gasteiger charge is 2.20. The summed E-state index contributed by atoms with van der Waals surface area (Å²) >= 11 is 0. The van der Waals surface area contributed by atoms with Gasteiger partial charge in [-0.1, -0.05) is 19.4 Å². The second-order valence-electron chi connectivity index (χ2n) is 3.84. The number of anilines is 1. The van der Waals surface area contributed by atoms with Crippen molar-refractivity contribution in [3.05, 3.63) is 29.8 Å². The Hall–Kier alpha value is -1.65. The number of nitrogens with one attached hydrogen (secondary N) is 1. The average molecular weight is 257 g/mol. The zero-order chi connectivity index (χ0) is 13.5. The number of ether oxygens (including phenoxy) is 1. The Bertz CT molecular complexity index is 410. The van der Waals surface area contributed by atoms with Crippen LogP contribution < -0.4 is 5.32 Å². The quantitative estimate of drug-likeness (QED) is 0.796. The lowest BCUT2D eigenvalue weighted by atomic mass is 10.1. The molecule has 1 aromatic rings. The molecule has 18 heavy (non-hydrogen) atoms. The molecule has 0 heterocycles. The van der Waals surface area contributed by atoms with Crippen molar-refractivity contribution in [3.63, 3.8) is 0 Å². The van der Waals surface area contributed by atoms with E-state index in [9.17, 15) is 13.6 Å². The van der Waals surface area contributed by atoms with E-state index in [4.69, 9.17) is 4.74 Å². The van der Waals surface area contributed by atoms with Crippen LogP contribution in [-0.2, 0) is 9.53 Å². The summed E-state index contributed by atoms with van der Waals surface area (Å²) in [5, 5.41) is 2.68. The van der Waals surface area contributed by atoms with Crippen LogP contribution in [0.25, 0.3) is 0 Å². The molecule has 5 heteroatoms. The highest BCUT2D eigenvalue weighted by atomic mass is 19.2. The van der Waals surface area contributed by atoms with Gasteiger partial charge in [0.1, 0.15) is 6.04 Å². The van der Waals surface area contributed by atoms with Crippen molar-refractivity contribution in [2.24, 2.45) is 0 Å². The Balaban J connectivity index is 2.82. The first-order valence-corrected chi connectivity index (χ1v) is 5.97. The van der Waals surface area contributed by atoms with Crippen molar-refractivity contribution in [1.82, 2.24) is 0 Å². The van der Waals surface area contributed by atoms with Gasteiger partial charge in [-0.05, 0) is 25.5 Å². The van der Waals surface area contributed by atoms with Gasteiger partial charge in [0.2, 0.25) is 0 Å². The topological polar surface area (TPSA) is 38.3 Å². The van der Waals surface area contributed by atoms with E-state index in [2.05, 4.69) is 5.32 Å². The van der Waals surface area contributed by atoms with Gasteiger partial charge in [-0.15, -0.1) is 0 Å². The van der Waals surface area contributed by atoms with Gasteiger partial charge in [-0.2, -0.15) is 0 Å². The number of rotatable bonds is 6. The van der Waals surface area contributed by atoms with Gasteiger partial charge >= 0.3 is 5.97 Å². The number of hydrogen-bond acceptors (Lipinski definition) is 3. The molecule has 0 saturated carbocycles. The summed E-state index contributed by atoms with van der Waals surface area (Å²) in [4.78, 5) is 11.6. The minimum atomic E-state index is -0.983. The van der Waals surface area contributed by atoms with E-state index in [0.29, 0.717) is 6.42 Å². The second-order valence-corrected chi connectivity index (χ2v) is 3.84. The van der Waals surface area contributed by atoms with Gasteiger partial charge in [0.25, 0.3) is 0 Å². The SMILES string of the molecule is CCCC(Nc1cccc(F)c1F)C(=O)OCC. The normalized spacial score (nSPS) is 12.0. The van der Waals surface area contributed by atoms with Crippen molar-refractivity contribution in [1.29, 1.82) is 0 Å². The molecule has 1 unspecified atom stereocenters. The Morgan fingerprint density at radius 1 is 1.39 bits per heavy atom. The van der Waals surface area contributed by atoms with Crippen LogP contribution >= 0.6 is 0 Å². The monoisotopic (exact) mass is 257 g/mol. The van der Waals surface area contributed by atoms with Gasteiger partial charge in [-0.25, -0.2) is 13.6 Å². The maximum absolute atomic E-state index is 13.5. The summed E-state index contributed by atoms with van der Waals surface area (Å²) in [6.45, 7) is 3.85. The molecule has 100 valence electrons. The Kier molecular flexibility index (Phi) is 5.55. The van der Waals surface area contributed by atoms with Gasteiger partial charge in [0.15, 0.2) is 11.6 Å². The molecule has 0 aliphatic rings. The maximum Gasteiger partial charge on any atom is 0.328 e. The van der Waals surface area contributed by atoms with Crippen molar-refractivity contribution in [2.75, 3.05) is 11.9 Å². The Morgan fingerprint density at radius 3 is 2.72 bits per heavy atom. The molecule has 0 aromatic heterocycles. The Morgan fingerprint density at radius 2 is 2.11 bits per heavy atom. The highest BCUT2D eigenvalue weighted by molar-refractivity contribution is 5.79. The third-order valence-corrected chi connectivity index (χ3v) is 2.43. The van der Waals surface area contributed by atoms with Crippen LogP contribution in [0.2, 0.25) is 0 Å². The van der Waals surface area contributed by atoms with Crippen LogP contribution in [0.5, 0.6) is 0 Å². The van der Waals surface area contributed by atoms with Crippen molar-refractivity contribution < 1.29 is 18.3 Å². The van der Waals surface area contributed by atoms with Crippen LogP contribution in [0.3, 0.4) is 0 Å². The third kappa shape index (κ3) is 3.68. The van der Waals surface area contributed by atoms with Crippen LogP contribution in [0.1, 0.15) is 26.7 Å². The molecule has 1 aromatic carbocycles. The lowest BCUT2D eigenvalue weighted by Gasteiger charge is -2.18. The standard InChI is InChI=1S/C13H17F2NO2/c1-3-6-11(13(17)18-4-2)16-10-8-5-7-9(14)12(10)15/h5,7-8,11,16H,3-4,6H2,1-2H3. The first-order chi connectivity index (χ1) is 8.60. The van der Waals surface area contributed by atoms with Crippen LogP contribution in [0.4, 0.5) is 14.5 Å². The molecule has 0 radical (unpaired) electrons. The largest absolute Gasteiger partial charge is 0.464 e. The molecule has 0 amide bonds.